The molecule has 28 heavy (non-hydrogen) atoms. The number of aromatic nitrogens is 2. The zero-order chi connectivity index (χ0) is 20.1. The topological polar surface area (TPSA) is 76.0 Å². The van der Waals surface area contributed by atoms with Crippen molar-refractivity contribution in [3.63, 3.8) is 0 Å². The minimum Gasteiger partial charge on any atom is -0.336 e. The lowest BCUT2D eigenvalue weighted by molar-refractivity contribution is 0.251. The molecule has 1 saturated carbocycles. The van der Waals surface area contributed by atoms with E-state index >= 15 is 0 Å². The van der Waals surface area contributed by atoms with E-state index in [1.165, 1.54) is 23.0 Å². The SMILES string of the molecule is CC(C)(C)c1ccc(NC(=O)NCCn2cnc(C3CCCC3)cc2=O)cc1. The van der Waals surface area contributed by atoms with Gasteiger partial charge in [0.25, 0.3) is 5.56 Å². The first-order valence-corrected chi connectivity index (χ1v) is 10.0. The molecule has 150 valence electrons. The van der Waals surface area contributed by atoms with Crippen LogP contribution in [0.15, 0.2) is 41.5 Å². The van der Waals surface area contributed by atoms with Gasteiger partial charge in [0.2, 0.25) is 0 Å². The molecule has 2 N–H and O–H groups in total. The van der Waals surface area contributed by atoms with E-state index in [4.69, 9.17) is 0 Å². The van der Waals surface area contributed by atoms with Crippen molar-refractivity contribution in [2.45, 2.75) is 64.3 Å². The Morgan fingerprint density at radius 1 is 1.18 bits per heavy atom. The average Bonchev–Trinajstić information content (AvgIpc) is 3.17. The minimum atomic E-state index is -0.285. The third kappa shape index (κ3) is 5.21. The van der Waals surface area contributed by atoms with Crippen LogP contribution < -0.4 is 16.2 Å². The molecule has 0 bridgehead atoms. The molecule has 2 amide bonds. The van der Waals surface area contributed by atoms with Gasteiger partial charge in [0, 0.05) is 30.8 Å². The molecule has 1 aromatic carbocycles. The third-order valence-corrected chi connectivity index (χ3v) is 5.32. The average molecular weight is 383 g/mol. The van der Waals surface area contributed by atoms with E-state index in [0.29, 0.717) is 19.0 Å². The van der Waals surface area contributed by atoms with E-state index in [1.807, 2.05) is 24.3 Å². The van der Waals surface area contributed by atoms with Crippen molar-refractivity contribution in [2.75, 3.05) is 11.9 Å². The molecule has 1 fully saturated rings. The number of amides is 2. The highest BCUT2D eigenvalue weighted by Gasteiger charge is 2.19. The van der Waals surface area contributed by atoms with Gasteiger partial charge >= 0.3 is 6.03 Å². The number of anilines is 1. The van der Waals surface area contributed by atoms with Crippen LogP contribution in [0.5, 0.6) is 0 Å². The van der Waals surface area contributed by atoms with Crippen LogP contribution in [0.4, 0.5) is 10.5 Å². The van der Waals surface area contributed by atoms with Crippen LogP contribution in [0.1, 0.15) is 63.6 Å². The number of carbonyl (C=O) groups excluding carboxylic acids is 1. The number of benzene rings is 1. The first-order chi connectivity index (χ1) is 13.3. The zero-order valence-electron chi connectivity index (χ0n) is 17.0. The zero-order valence-corrected chi connectivity index (χ0v) is 17.0. The fraction of sp³-hybridized carbons (Fsp3) is 0.500. The number of nitrogens with zero attached hydrogens (tertiary/aromatic N) is 2. The highest BCUT2D eigenvalue weighted by atomic mass is 16.2. The number of hydrogen-bond donors (Lipinski definition) is 2. The molecule has 6 heteroatoms. The van der Waals surface area contributed by atoms with Crippen molar-refractivity contribution in [3.8, 4) is 0 Å². The Balaban J connectivity index is 1.48. The van der Waals surface area contributed by atoms with Crippen LogP contribution in [-0.4, -0.2) is 22.1 Å². The summed E-state index contributed by atoms with van der Waals surface area (Å²) >= 11 is 0. The second kappa shape index (κ2) is 8.59. The lowest BCUT2D eigenvalue weighted by Gasteiger charge is -2.19. The van der Waals surface area contributed by atoms with E-state index in [2.05, 4.69) is 36.4 Å². The summed E-state index contributed by atoms with van der Waals surface area (Å²) in [5.41, 5.74) is 2.88. The molecule has 1 heterocycles. The third-order valence-electron chi connectivity index (χ3n) is 5.32. The first kappa shape index (κ1) is 20.1. The quantitative estimate of drug-likeness (QED) is 0.820. The first-order valence-electron chi connectivity index (χ1n) is 10.0. The summed E-state index contributed by atoms with van der Waals surface area (Å²) < 4.78 is 1.54. The maximum absolute atomic E-state index is 12.3. The van der Waals surface area contributed by atoms with Crippen LogP contribution in [0.25, 0.3) is 0 Å². The summed E-state index contributed by atoms with van der Waals surface area (Å²) in [5, 5.41) is 5.60. The van der Waals surface area contributed by atoms with E-state index < -0.39 is 0 Å². The van der Waals surface area contributed by atoms with E-state index in [9.17, 15) is 9.59 Å². The van der Waals surface area contributed by atoms with Gasteiger partial charge in [0.1, 0.15) is 0 Å². The van der Waals surface area contributed by atoms with Gasteiger partial charge in [-0.15, -0.1) is 0 Å². The van der Waals surface area contributed by atoms with Crippen molar-refractivity contribution in [3.05, 3.63) is 58.3 Å². The summed E-state index contributed by atoms with van der Waals surface area (Å²) in [7, 11) is 0. The largest absolute Gasteiger partial charge is 0.336 e. The Bertz CT molecular complexity index is 859. The van der Waals surface area contributed by atoms with Gasteiger partial charge in [-0.3, -0.25) is 9.36 Å². The normalized spacial score (nSPS) is 14.8. The lowest BCUT2D eigenvalue weighted by Crippen LogP contribution is -2.33. The van der Waals surface area contributed by atoms with Crippen LogP contribution in [-0.2, 0) is 12.0 Å². The van der Waals surface area contributed by atoms with Crippen molar-refractivity contribution in [1.29, 1.82) is 0 Å². The van der Waals surface area contributed by atoms with Crippen LogP contribution in [0.2, 0.25) is 0 Å². The van der Waals surface area contributed by atoms with Gasteiger partial charge in [-0.2, -0.15) is 0 Å². The van der Waals surface area contributed by atoms with E-state index in [-0.39, 0.29) is 17.0 Å². The lowest BCUT2D eigenvalue weighted by atomic mass is 9.87. The number of carbonyl (C=O) groups is 1. The molecule has 2 aromatic rings. The smallest absolute Gasteiger partial charge is 0.319 e. The Kier molecular flexibility index (Phi) is 6.17. The molecular weight excluding hydrogens is 352 g/mol. The molecule has 0 atom stereocenters. The predicted octanol–water partition coefficient (Wildman–Crippen LogP) is 4.02. The minimum absolute atomic E-state index is 0.0584. The molecule has 0 aliphatic heterocycles. The molecule has 1 aliphatic rings. The monoisotopic (exact) mass is 382 g/mol. The van der Waals surface area contributed by atoms with Crippen molar-refractivity contribution in [2.24, 2.45) is 0 Å². The van der Waals surface area contributed by atoms with Gasteiger partial charge in [-0.1, -0.05) is 45.7 Å². The molecule has 0 saturated heterocycles. The Labute approximate surface area is 166 Å². The van der Waals surface area contributed by atoms with Gasteiger partial charge in [-0.05, 0) is 36.0 Å². The van der Waals surface area contributed by atoms with Crippen molar-refractivity contribution >= 4 is 11.7 Å². The Hall–Kier alpha value is -2.63. The molecule has 0 radical (unpaired) electrons. The number of nitrogens with one attached hydrogen (secondary N) is 2. The molecule has 6 nitrogen and oxygen atoms in total. The summed E-state index contributed by atoms with van der Waals surface area (Å²) in [6.07, 6.45) is 6.27. The molecule has 1 aromatic heterocycles. The highest BCUT2D eigenvalue weighted by molar-refractivity contribution is 5.89. The molecule has 3 rings (SSSR count). The predicted molar refractivity (Wildman–Crippen MR) is 112 cm³/mol. The van der Waals surface area contributed by atoms with Crippen LogP contribution >= 0.6 is 0 Å². The van der Waals surface area contributed by atoms with Crippen LogP contribution in [0.3, 0.4) is 0 Å². The maximum Gasteiger partial charge on any atom is 0.319 e. The summed E-state index contributed by atoms with van der Waals surface area (Å²) in [6.45, 7) is 7.21. The second-order valence-corrected chi connectivity index (χ2v) is 8.54. The van der Waals surface area contributed by atoms with Gasteiger partial charge in [-0.25, -0.2) is 9.78 Å². The number of rotatable bonds is 5. The number of urea groups is 1. The standard InChI is InChI=1S/C22H30N4O2/c1-22(2,3)17-8-10-18(11-9-17)25-21(28)23-12-13-26-15-24-19(14-20(26)27)16-6-4-5-7-16/h8-11,14-16H,4-7,12-13H2,1-3H3,(H2,23,25,28). The summed E-state index contributed by atoms with van der Waals surface area (Å²) in [4.78, 5) is 28.8. The highest BCUT2D eigenvalue weighted by Crippen LogP contribution is 2.32. The molecule has 0 unspecified atom stereocenters. The number of hydrogen-bond acceptors (Lipinski definition) is 3. The molecule has 0 spiro atoms. The fourth-order valence-electron chi connectivity index (χ4n) is 3.57. The fourth-order valence-corrected chi connectivity index (χ4v) is 3.57. The summed E-state index contributed by atoms with van der Waals surface area (Å²) in [5.74, 6) is 0.427. The Morgan fingerprint density at radius 3 is 2.46 bits per heavy atom. The van der Waals surface area contributed by atoms with E-state index in [1.54, 1.807) is 12.4 Å². The Morgan fingerprint density at radius 2 is 1.86 bits per heavy atom. The molecular formula is C22H30N4O2. The van der Waals surface area contributed by atoms with Gasteiger partial charge < -0.3 is 10.6 Å². The van der Waals surface area contributed by atoms with Crippen molar-refractivity contribution < 1.29 is 4.79 Å². The van der Waals surface area contributed by atoms with Gasteiger partial charge in [0.05, 0.1) is 12.0 Å². The second-order valence-electron chi connectivity index (χ2n) is 8.54. The maximum atomic E-state index is 12.3. The van der Waals surface area contributed by atoms with Crippen molar-refractivity contribution in [1.82, 2.24) is 14.9 Å². The van der Waals surface area contributed by atoms with Gasteiger partial charge in [0.15, 0.2) is 0 Å². The summed E-state index contributed by atoms with van der Waals surface area (Å²) in [6, 6.07) is 9.20. The van der Waals surface area contributed by atoms with E-state index in [0.717, 1.165) is 24.2 Å². The molecule has 1 aliphatic carbocycles. The van der Waals surface area contributed by atoms with Crippen LogP contribution in [0, 0.1) is 0 Å².